The molecule has 1 saturated heterocycles. The zero-order valence-electron chi connectivity index (χ0n) is 9.55. The lowest BCUT2D eigenvalue weighted by atomic mass is 10.2. The zero-order chi connectivity index (χ0) is 11.0. The van der Waals surface area contributed by atoms with Gasteiger partial charge in [0.25, 0.3) is 0 Å². The quantitative estimate of drug-likeness (QED) is 0.830. The van der Waals surface area contributed by atoms with E-state index in [4.69, 9.17) is 0 Å². The molecule has 3 rings (SSSR count). The maximum atomic E-state index is 9.29. The second-order valence-corrected chi connectivity index (χ2v) is 4.97. The Hall–Kier alpha value is -0.870. The van der Waals surface area contributed by atoms with Crippen molar-refractivity contribution in [1.82, 2.24) is 14.5 Å². The third-order valence-electron chi connectivity index (χ3n) is 3.76. The Kier molecular flexibility index (Phi) is 2.69. The smallest absolute Gasteiger partial charge is 0.0951 e. The molecule has 4 heteroatoms. The highest BCUT2D eigenvalue weighted by Crippen LogP contribution is 2.36. The summed E-state index contributed by atoms with van der Waals surface area (Å²) in [6.07, 6.45) is 8.87. The fourth-order valence-corrected chi connectivity index (χ4v) is 2.65. The van der Waals surface area contributed by atoms with E-state index >= 15 is 0 Å². The predicted octanol–water partition coefficient (Wildman–Crippen LogP) is 1.17. The minimum Gasteiger partial charge on any atom is -0.395 e. The van der Waals surface area contributed by atoms with Gasteiger partial charge in [0, 0.05) is 24.8 Å². The summed E-state index contributed by atoms with van der Waals surface area (Å²) in [4.78, 5) is 6.63. The van der Waals surface area contributed by atoms with E-state index in [0.717, 1.165) is 19.5 Å². The summed E-state index contributed by atoms with van der Waals surface area (Å²) in [7, 11) is 0. The monoisotopic (exact) mass is 221 g/mol. The van der Waals surface area contributed by atoms with E-state index in [1.165, 1.54) is 25.0 Å². The molecule has 2 heterocycles. The van der Waals surface area contributed by atoms with Crippen molar-refractivity contribution in [3.05, 3.63) is 18.2 Å². The molecule has 1 saturated carbocycles. The summed E-state index contributed by atoms with van der Waals surface area (Å²) in [5.74, 6) is 0. The van der Waals surface area contributed by atoms with Crippen molar-refractivity contribution in [2.75, 3.05) is 13.2 Å². The van der Waals surface area contributed by atoms with Crippen LogP contribution in [-0.4, -0.2) is 38.8 Å². The summed E-state index contributed by atoms with van der Waals surface area (Å²) < 4.78 is 2.31. The number of aliphatic hydroxyl groups excluding tert-OH is 1. The fraction of sp³-hybridized carbons (Fsp3) is 0.750. The van der Waals surface area contributed by atoms with Gasteiger partial charge in [0.1, 0.15) is 0 Å². The van der Waals surface area contributed by atoms with Crippen molar-refractivity contribution < 1.29 is 5.11 Å². The van der Waals surface area contributed by atoms with E-state index in [1.54, 1.807) is 0 Å². The Morgan fingerprint density at radius 1 is 1.38 bits per heavy atom. The minimum absolute atomic E-state index is 0.289. The summed E-state index contributed by atoms with van der Waals surface area (Å²) in [6.45, 7) is 2.35. The number of imidazole rings is 1. The van der Waals surface area contributed by atoms with Crippen molar-refractivity contribution in [3.8, 4) is 0 Å². The van der Waals surface area contributed by atoms with Crippen molar-refractivity contribution in [2.45, 2.75) is 44.3 Å². The lowest BCUT2D eigenvalue weighted by Crippen LogP contribution is -2.32. The minimum atomic E-state index is 0.289. The van der Waals surface area contributed by atoms with E-state index in [9.17, 15) is 5.11 Å². The maximum Gasteiger partial charge on any atom is 0.0951 e. The zero-order valence-corrected chi connectivity index (χ0v) is 9.55. The standard InChI is InChI=1S/C12H19N3O/c16-8-11-2-1-5-14(11)7-12-6-13-9-15(12)10-3-4-10/h6,9-11,16H,1-5,7-8H2/t11-/m1/s1. The van der Waals surface area contributed by atoms with Crippen LogP contribution in [-0.2, 0) is 6.54 Å². The molecule has 2 aliphatic rings. The highest BCUT2D eigenvalue weighted by molar-refractivity contribution is 5.04. The number of nitrogens with zero attached hydrogens (tertiary/aromatic N) is 3. The van der Waals surface area contributed by atoms with Gasteiger partial charge in [-0.05, 0) is 32.2 Å². The number of hydrogen-bond acceptors (Lipinski definition) is 3. The predicted molar refractivity (Wildman–Crippen MR) is 61.0 cm³/mol. The molecule has 1 aliphatic heterocycles. The van der Waals surface area contributed by atoms with Gasteiger partial charge in [-0.1, -0.05) is 0 Å². The van der Waals surface area contributed by atoms with E-state index in [2.05, 4.69) is 14.5 Å². The molecular weight excluding hydrogens is 202 g/mol. The lowest BCUT2D eigenvalue weighted by molar-refractivity contribution is 0.151. The summed E-state index contributed by atoms with van der Waals surface area (Å²) in [6, 6.07) is 1.07. The molecule has 1 aromatic rings. The fourth-order valence-electron chi connectivity index (χ4n) is 2.65. The number of rotatable bonds is 4. The molecule has 0 spiro atoms. The molecule has 2 fully saturated rings. The van der Waals surface area contributed by atoms with Gasteiger partial charge in [0.05, 0.1) is 18.6 Å². The number of aliphatic hydroxyl groups is 1. The van der Waals surface area contributed by atoms with Gasteiger partial charge in [0.15, 0.2) is 0 Å². The average Bonchev–Trinajstić information content (AvgIpc) is 2.88. The molecule has 0 amide bonds. The van der Waals surface area contributed by atoms with E-state index in [-0.39, 0.29) is 6.61 Å². The summed E-state index contributed by atoms with van der Waals surface area (Å²) in [5, 5.41) is 9.29. The molecule has 1 atom stereocenters. The molecule has 1 aliphatic carbocycles. The Bertz CT molecular complexity index is 359. The topological polar surface area (TPSA) is 41.3 Å². The van der Waals surface area contributed by atoms with Crippen LogP contribution >= 0.6 is 0 Å². The van der Waals surface area contributed by atoms with Gasteiger partial charge in [-0.25, -0.2) is 4.98 Å². The number of aromatic nitrogens is 2. The van der Waals surface area contributed by atoms with Crippen LogP contribution in [0.15, 0.2) is 12.5 Å². The van der Waals surface area contributed by atoms with Crippen molar-refractivity contribution >= 4 is 0 Å². The molecule has 0 bridgehead atoms. The summed E-state index contributed by atoms with van der Waals surface area (Å²) in [5.41, 5.74) is 1.31. The van der Waals surface area contributed by atoms with Crippen LogP contribution in [0.25, 0.3) is 0 Å². The maximum absolute atomic E-state index is 9.29. The van der Waals surface area contributed by atoms with E-state index in [1.807, 2.05) is 12.5 Å². The van der Waals surface area contributed by atoms with Gasteiger partial charge in [-0.2, -0.15) is 0 Å². The molecule has 16 heavy (non-hydrogen) atoms. The molecule has 0 radical (unpaired) electrons. The molecule has 4 nitrogen and oxygen atoms in total. The van der Waals surface area contributed by atoms with Crippen LogP contribution < -0.4 is 0 Å². The highest BCUT2D eigenvalue weighted by Gasteiger charge is 2.28. The highest BCUT2D eigenvalue weighted by atomic mass is 16.3. The van der Waals surface area contributed by atoms with Crippen molar-refractivity contribution in [3.63, 3.8) is 0 Å². The van der Waals surface area contributed by atoms with Crippen LogP contribution in [0, 0.1) is 0 Å². The Morgan fingerprint density at radius 3 is 3.00 bits per heavy atom. The molecule has 1 aromatic heterocycles. The van der Waals surface area contributed by atoms with E-state index in [0.29, 0.717) is 12.1 Å². The van der Waals surface area contributed by atoms with Crippen LogP contribution in [0.4, 0.5) is 0 Å². The average molecular weight is 221 g/mol. The first kappa shape index (κ1) is 10.3. The molecule has 0 aromatic carbocycles. The molecule has 88 valence electrons. The van der Waals surface area contributed by atoms with Gasteiger partial charge < -0.3 is 9.67 Å². The van der Waals surface area contributed by atoms with Crippen molar-refractivity contribution in [1.29, 1.82) is 0 Å². The lowest BCUT2D eigenvalue weighted by Gasteiger charge is -2.22. The second kappa shape index (κ2) is 4.18. The van der Waals surface area contributed by atoms with Crippen LogP contribution in [0.2, 0.25) is 0 Å². The van der Waals surface area contributed by atoms with Crippen molar-refractivity contribution in [2.24, 2.45) is 0 Å². The molecule has 1 N–H and O–H groups in total. The first-order chi connectivity index (χ1) is 7.88. The Balaban J connectivity index is 1.70. The number of likely N-dealkylation sites (tertiary alicyclic amines) is 1. The molecular formula is C12H19N3O. The largest absolute Gasteiger partial charge is 0.395 e. The van der Waals surface area contributed by atoms with Crippen LogP contribution in [0.5, 0.6) is 0 Å². The number of hydrogen-bond donors (Lipinski definition) is 1. The van der Waals surface area contributed by atoms with Crippen LogP contribution in [0.1, 0.15) is 37.4 Å². The Labute approximate surface area is 95.9 Å². The second-order valence-electron chi connectivity index (χ2n) is 4.97. The first-order valence-electron chi connectivity index (χ1n) is 6.24. The normalized spacial score (nSPS) is 26.4. The Morgan fingerprint density at radius 2 is 2.25 bits per heavy atom. The van der Waals surface area contributed by atoms with Gasteiger partial charge in [0.2, 0.25) is 0 Å². The third-order valence-corrected chi connectivity index (χ3v) is 3.76. The summed E-state index contributed by atoms with van der Waals surface area (Å²) >= 11 is 0. The van der Waals surface area contributed by atoms with Gasteiger partial charge in [-0.3, -0.25) is 4.90 Å². The van der Waals surface area contributed by atoms with E-state index < -0.39 is 0 Å². The third kappa shape index (κ3) is 1.87. The van der Waals surface area contributed by atoms with Gasteiger partial charge >= 0.3 is 0 Å². The first-order valence-corrected chi connectivity index (χ1v) is 6.24. The SMILES string of the molecule is OC[C@H]1CCCN1Cc1cncn1C1CC1. The molecule has 0 unspecified atom stereocenters. The van der Waals surface area contributed by atoms with Gasteiger partial charge in [-0.15, -0.1) is 0 Å². The van der Waals surface area contributed by atoms with Crippen LogP contribution in [0.3, 0.4) is 0 Å².